The summed E-state index contributed by atoms with van der Waals surface area (Å²) < 4.78 is 5.06. The maximum Gasteiger partial charge on any atom is 0.411 e. The minimum atomic E-state index is -0.505. The zero-order valence-electron chi connectivity index (χ0n) is 13.7. The number of H-pyrrole nitrogens is 1. The molecule has 0 saturated carbocycles. The fraction of sp³-hybridized carbons (Fsp3) is 0.235. The third-order valence-corrected chi connectivity index (χ3v) is 3.99. The van der Waals surface area contributed by atoms with Crippen LogP contribution in [0.25, 0.3) is 22.6 Å². The van der Waals surface area contributed by atoms with E-state index in [0.717, 1.165) is 11.4 Å². The van der Waals surface area contributed by atoms with Gasteiger partial charge in [-0.05, 0) is 38.3 Å². The molecule has 0 atom stereocenters. The third-order valence-electron chi connectivity index (χ3n) is 3.27. The summed E-state index contributed by atoms with van der Waals surface area (Å²) >= 11 is 1.68. The number of carbonyl (C=O) groups is 1. The van der Waals surface area contributed by atoms with Gasteiger partial charge in [-0.3, -0.25) is 5.32 Å². The van der Waals surface area contributed by atoms with Crippen LogP contribution in [-0.4, -0.2) is 33.4 Å². The van der Waals surface area contributed by atoms with E-state index < -0.39 is 6.09 Å². The summed E-state index contributed by atoms with van der Waals surface area (Å²) in [5.74, 6) is 0.746. The Morgan fingerprint density at radius 3 is 2.92 bits per heavy atom. The minimum Gasteiger partial charge on any atom is -0.447 e. The minimum absolute atomic E-state index is 0.178. The van der Waals surface area contributed by atoms with E-state index in [-0.39, 0.29) is 6.10 Å². The predicted molar refractivity (Wildman–Crippen MR) is 96.3 cm³/mol. The zero-order valence-corrected chi connectivity index (χ0v) is 14.5. The van der Waals surface area contributed by atoms with Crippen molar-refractivity contribution in [1.29, 1.82) is 0 Å². The monoisotopic (exact) mass is 342 g/mol. The van der Waals surface area contributed by atoms with Crippen LogP contribution in [0.1, 0.15) is 13.8 Å². The molecule has 0 aliphatic rings. The van der Waals surface area contributed by atoms with Crippen LogP contribution in [0.4, 0.5) is 10.5 Å². The number of pyridine rings is 1. The van der Waals surface area contributed by atoms with Crippen LogP contribution < -0.4 is 5.32 Å². The Kier molecular flexibility index (Phi) is 4.71. The highest BCUT2D eigenvalue weighted by atomic mass is 32.2. The topological polar surface area (TPSA) is 79.9 Å². The van der Waals surface area contributed by atoms with Gasteiger partial charge in [-0.1, -0.05) is 12.1 Å². The van der Waals surface area contributed by atoms with Crippen LogP contribution in [0.2, 0.25) is 0 Å². The summed E-state index contributed by atoms with van der Waals surface area (Å²) in [6, 6.07) is 9.88. The van der Waals surface area contributed by atoms with Gasteiger partial charge in [-0.15, -0.1) is 11.8 Å². The molecule has 0 spiro atoms. The first-order chi connectivity index (χ1) is 11.5. The SMILES string of the molecule is CSc1cccc(-c2nc3cc(NC(=O)OC(C)C)cnc3[nH]2)c1. The van der Waals surface area contributed by atoms with Crippen molar-refractivity contribution in [2.45, 2.75) is 24.8 Å². The highest BCUT2D eigenvalue weighted by Crippen LogP contribution is 2.25. The lowest BCUT2D eigenvalue weighted by molar-refractivity contribution is 0.130. The van der Waals surface area contributed by atoms with Gasteiger partial charge in [-0.25, -0.2) is 14.8 Å². The average molecular weight is 342 g/mol. The number of ether oxygens (including phenoxy) is 1. The van der Waals surface area contributed by atoms with Crippen molar-refractivity contribution >= 4 is 34.7 Å². The van der Waals surface area contributed by atoms with Crippen molar-refractivity contribution in [3.05, 3.63) is 36.5 Å². The summed E-state index contributed by atoms with van der Waals surface area (Å²) in [6.07, 6.45) is 2.93. The van der Waals surface area contributed by atoms with Crippen LogP contribution in [0, 0.1) is 0 Å². The molecule has 0 unspecified atom stereocenters. The molecule has 1 aromatic carbocycles. The van der Waals surface area contributed by atoms with E-state index in [4.69, 9.17) is 4.74 Å². The van der Waals surface area contributed by atoms with E-state index in [9.17, 15) is 4.79 Å². The zero-order chi connectivity index (χ0) is 17.1. The molecular weight excluding hydrogens is 324 g/mol. The van der Waals surface area contributed by atoms with Gasteiger partial charge in [0.25, 0.3) is 0 Å². The molecule has 3 rings (SSSR count). The highest BCUT2D eigenvalue weighted by Gasteiger charge is 2.10. The molecule has 3 aromatic rings. The van der Waals surface area contributed by atoms with E-state index in [1.807, 2.05) is 18.4 Å². The van der Waals surface area contributed by atoms with Crippen molar-refractivity contribution in [1.82, 2.24) is 15.0 Å². The summed E-state index contributed by atoms with van der Waals surface area (Å²) in [6.45, 7) is 3.59. The van der Waals surface area contributed by atoms with Gasteiger partial charge in [0.1, 0.15) is 11.3 Å². The average Bonchev–Trinajstić information content (AvgIpc) is 2.97. The number of benzene rings is 1. The van der Waals surface area contributed by atoms with Gasteiger partial charge >= 0.3 is 6.09 Å². The third kappa shape index (κ3) is 3.68. The fourth-order valence-electron chi connectivity index (χ4n) is 2.23. The van der Waals surface area contributed by atoms with Crippen molar-refractivity contribution in [3.8, 4) is 11.4 Å². The molecule has 0 saturated heterocycles. The lowest BCUT2D eigenvalue weighted by atomic mass is 10.2. The Labute approximate surface area is 144 Å². The number of aromatic nitrogens is 3. The summed E-state index contributed by atoms with van der Waals surface area (Å²) in [5, 5.41) is 2.65. The number of carbonyl (C=O) groups excluding carboxylic acids is 1. The number of aromatic amines is 1. The van der Waals surface area contributed by atoms with E-state index in [0.29, 0.717) is 16.9 Å². The number of imidazole rings is 1. The normalized spacial score (nSPS) is 11.0. The highest BCUT2D eigenvalue weighted by molar-refractivity contribution is 7.98. The van der Waals surface area contributed by atoms with Gasteiger partial charge in [0.05, 0.1) is 18.0 Å². The maximum atomic E-state index is 11.7. The number of fused-ring (bicyclic) bond motifs is 1. The number of rotatable bonds is 4. The maximum absolute atomic E-state index is 11.7. The lowest BCUT2D eigenvalue weighted by Gasteiger charge is -2.08. The molecule has 0 radical (unpaired) electrons. The second kappa shape index (κ2) is 6.92. The van der Waals surface area contributed by atoms with Gasteiger partial charge in [0.2, 0.25) is 0 Å². The molecule has 124 valence electrons. The smallest absolute Gasteiger partial charge is 0.411 e. The molecule has 6 nitrogen and oxygen atoms in total. The molecule has 0 aliphatic heterocycles. The Balaban J connectivity index is 1.87. The molecule has 0 bridgehead atoms. The number of anilines is 1. The van der Waals surface area contributed by atoms with Crippen LogP contribution in [0.5, 0.6) is 0 Å². The fourth-order valence-corrected chi connectivity index (χ4v) is 2.69. The Bertz CT molecular complexity index is 876. The van der Waals surface area contributed by atoms with Crippen molar-refractivity contribution in [2.24, 2.45) is 0 Å². The Hall–Kier alpha value is -2.54. The van der Waals surface area contributed by atoms with Crippen LogP contribution in [-0.2, 0) is 4.74 Å². The van der Waals surface area contributed by atoms with Crippen molar-refractivity contribution in [2.75, 3.05) is 11.6 Å². The second-order valence-electron chi connectivity index (χ2n) is 5.49. The summed E-state index contributed by atoms with van der Waals surface area (Å²) in [4.78, 5) is 24.9. The number of amides is 1. The van der Waals surface area contributed by atoms with Crippen LogP contribution in [0.3, 0.4) is 0 Å². The summed E-state index contributed by atoms with van der Waals surface area (Å²) in [7, 11) is 0. The van der Waals surface area contributed by atoms with Crippen LogP contribution in [0.15, 0.2) is 41.4 Å². The standard InChI is InChI=1S/C17H18N4O2S/c1-10(2)23-17(22)19-12-8-14-16(18-9-12)21-15(20-14)11-5-4-6-13(7-11)24-3/h4-10H,1-3H3,(H,19,22)(H,18,20,21). The van der Waals surface area contributed by atoms with Crippen LogP contribution >= 0.6 is 11.8 Å². The summed E-state index contributed by atoms with van der Waals surface area (Å²) in [5.41, 5.74) is 2.89. The van der Waals surface area contributed by atoms with Crippen molar-refractivity contribution in [3.63, 3.8) is 0 Å². The molecule has 24 heavy (non-hydrogen) atoms. The number of thioether (sulfide) groups is 1. The molecule has 1 amide bonds. The Morgan fingerprint density at radius 2 is 2.17 bits per heavy atom. The van der Waals surface area contributed by atoms with E-state index >= 15 is 0 Å². The molecule has 2 aromatic heterocycles. The van der Waals surface area contributed by atoms with Gasteiger partial charge in [-0.2, -0.15) is 0 Å². The molecule has 7 heteroatoms. The predicted octanol–water partition coefficient (Wildman–Crippen LogP) is 4.30. The lowest BCUT2D eigenvalue weighted by Crippen LogP contribution is -2.18. The first-order valence-corrected chi connectivity index (χ1v) is 8.75. The second-order valence-corrected chi connectivity index (χ2v) is 6.37. The molecular formula is C17H18N4O2S. The first kappa shape index (κ1) is 16.3. The quantitative estimate of drug-likeness (QED) is 0.691. The van der Waals surface area contributed by atoms with Gasteiger partial charge in [0.15, 0.2) is 5.65 Å². The van der Waals surface area contributed by atoms with E-state index in [1.165, 1.54) is 4.90 Å². The largest absolute Gasteiger partial charge is 0.447 e. The first-order valence-electron chi connectivity index (χ1n) is 7.53. The number of nitrogens with one attached hydrogen (secondary N) is 2. The number of nitrogens with zero attached hydrogens (tertiary/aromatic N) is 2. The number of hydrogen-bond acceptors (Lipinski definition) is 5. The molecule has 0 aliphatic carbocycles. The molecule has 2 N–H and O–H groups in total. The Morgan fingerprint density at radius 1 is 1.33 bits per heavy atom. The van der Waals surface area contributed by atoms with Crippen molar-refractivity contribution < 1.29 is 9.53 Å². The van der Waals surface area contributed by atoms with Gasteiger partial charge < -0.3 is 9.72 Å². The van der Waals surface area contributed by atoms with E-state index in [2.05, 4.69) is 32.4 Å². The molecule has 0 fully saturated rings. The van der Waals surface area contributed by atoms with E-state index in [1.54, 1.807) is 37.9 Å². The number of hydrogen-bond donors (Lipinski definition) is 2. The van der Waals surface area contributed by atoms with Gasteiger partial charge in [0, 0.05) is 10.5 Å². The molecule has 2 heterocycles.